The van der Waals surface area contributed by atoms with Gasteiger partial charge in [0.25, 0.3) is 0 Å². The van der Waals surface area contributed by atoms with Gasteiger partial charge in [-0.25, -0.2) is 0 Å². The van der Waals surface area contributed by atoms with Crippen LogP contribution in [0.15, 0.2) is 0 Å². The molecule has 2 unspecified atom stereocenters. The molecule has 1 aliphatic heterocycles. The molecule has 2 rings (SSSR count). The van der Waals surface area contributed by atoms with Crippen LogP contribution < -0.4 is 5.32 Å². The highest BCUT2D eigenvalue weighted by Crippen LogP contribution is 2.30. The maximum absolute atomic E-state index is 3.68. The van der Waals surface area contributed by atoms with Gasteiger partial charge >= 0.3 is 0 Å². The van der Waals surface area contributed by atoms with E-state index >= 15 is 0 Å². The summed E-state index contributed by atoms with van der Waals surface area (Å²) in [5.74, 6) is 1.95. The molecular weight excluding hydrogens is 220 g/mol. The molecule has 0 aromatic carbocycles. The Kier molecular flexibility index (Phi) is 5.97. The van der Waals surface area contributed by atoms with Crippen LogP contribution in [0.25, 0.3) is 0 Å². The van der Waals surface area contributed by atoms with Gasteiger partial charge in [-0.2, -0.15) is 0 Å². The number of nitrogens with zero attached hydrogens (tertiary/aromatic N) is 1. The summed E-state index contributed by atoms with van der Waals surface area (Å²) >= 11 is 0. The van der Waals surface area contributed by atoms with E-state index in [4.69, 9.17) is 0 Å². The predicted molar refractivity (Wildman–Crippen MR) is 78.9 cm³/mol. The van der Waals surface area contributed by atoms with E-state index < -0.39 is 0 Å². The average Bonchev–Trinajstić information content (AvgIpc) is 2.41. The van der Waals surface area contributed by atoms with Gasteiger partial charge in [-0.3, -0.25) is 0 Å². The van der Waals surface area contributed by atoms with Gasteiger partial charge in [-0.15, -0.1) is 0 Å². The Balaban J connectivity index is 1.66. The van der Waals surface area contributed by atoms with E-state index in [-0.39, 0.29) is 0 Å². The van der Waals surface area contributed by atoms with Gasteiger partial charge in [-0.05, 0) is 57.2 Å². The summed E-state index contributed by atoms with van der Waals surface area (Å²) in [5, 5.41) is 3.68. The fourth-order valence-corrected chi connectivity index (χ4v) is 3.66. The van der Waals surface area contributed by atoms with Crippen molar-refractivity contribution in [3.8, 4) is 0 Å². The zero-order chi connectivity index (χ0) is 12.8. The van der Waals surface area contributed by atoms with Crippen molar-refractivity contribution in [2.24, 2.45) is 11.8 Å². The molecule has 106 valence electrons. The smallest absolute Gasteiger partial charge is 0.00914 e. The molecule has 0 aromatic rings. The minimum Gasteiger partial charge on any atom is -0.314 e. The third-order valence-corrected chi connectivity index (χ3v) is 5.05. The van der Waals surface area contributed by atoms with Gasteiger partial charge in [0.05, 0.1) is 0 Å². The van der Waals surface area contributed by atoms with E-state index in [0.29, 0.717) is 0 Å². The highest BCUT2D eigenvalue weighted by atomic mass is 15.1. The van der Waals surface area contributed by atoms with Gasteiger partial charge in [-0.1, -0.05) is 33.1 Å². The number of likely N-dealkylation sites (tertiary alicyclic amines) is 1. The lowest BCUT2D eigenvalue weighted by Gasteiger charge is -2.37. The minimum atomic E-state index is 0.796. The summed E-state index contributed by atoms with van der Waals surface area (Å²) in [6, 6.07) is 0.796. The van der Waals surface area contributed by atoms with Crippen LogP contribution >= 0.6 is 0 Å². The summed E-state index contributed by atoms with van der Waals surface area (Å²) in [4.78, 5) is 2.73. The number of rotatable bonds is 5. The molecule has 0 radical (unpaired) electrons. The Bertz CT molecular complexity index is 221. The molecule has 2 atom stereocenters. The van der Waals surface area contributed by atoms with E-state index in [1.165, 1.54) is 71.1 Å². The number of hydrogen-bond donors (Lipinski definition) is 1. The molecule has 0 amide bonds. The van der Waals surface area contributed by atoms with Crippen molar-refractivity contribution < 1.29 is 0 Å². The van der Waals surface area contributed by atoms with Gasteiger partial charge in [0.1, 0.15) is 0 Å². The summed E-state index contributed by atoms with van der Waals surface area (Å²) in [6.07, 6.45) is 9.89. The summed E-state index contributed by atoms with van der Waals surface area (Å²) in [5.41, 5.74) is 0. The fraction of sp³-hybridized carbons (Fsp3) is 1.00. The first-order valence-electron chi connectivity index (χ1n) is 8.25. The van der Waals surface area contributed by atoms with E-state index in [1.807, 2.05) is 0 Å². The lowest BCUT2D eigenvalue weighted by atomic mass is 9.80. The molecule has 2 fully saturated rings. The Morgan fingerprint density at radius 1 is 1.06 bits per heavy atom. The van der Waals surface area contributed by atoms with Gasteiger partial charge < -0.3 is 10.2 Å². The molecule has 1 heterocycles. The normalized spacial score (nSPS) is 31.7. The van der Waals surface area contributed by atoms with E-state index in [2.05, 4.69) is 24.1 Å². The van der Waals surface area contributed by atoms with Crippen molar-refractivity contribution in [3.63, 3.8) is 0 Å². The van der Waals surface area contributed by atoms with Crippen molar-refractivity contribution in [2.45, 2.75) is 64.8 Å². The molecule has 0 bridgehead atoms. The minimum absolute atomic E-state index is 0.796. The number of piperidine rings is 1. The summed E-state index contributed by atoms with van der Waals surface area (Å²) in [7, 11) is 0. The maximum Gasteiger partial charge on any atom is 0.00914 e. The lowest BCUT2D eigenvalue weighted by Crippen LogP contribution is -2.45. The monoisotopic (exact) mass is 252 g/mol. The van der Waals surface area contributed by atoms with Crippen molar-refractivity contribution >= 4 is 0 Å². The first kappa shape index (κ1) is 14.3. The molecule has 18 heavy (non-hydrogen) atoms. The Labute approximate surface area is 114 Å². The zero-order valence-electron chi connectivity index (χ0n) is 12.5. The SMILES string of the molecule is CCCNC1CCN(CC2CCCCC2C)CC1. The molecule has 1 saturated heterocycles. The molecule has 0 spiro atoms. The van der Waals surface area contributed by atoms with E-state index in [0.717, 1.165) is 17.9 Å². The van der Waals surface area contributed by atoms with E-state index in [9.17, 15) is 0 Å². The number of hydrogen-bond acceptors (Lipinski definition) is 2. The second kappa shape index (κ2) is 7.49. The highest BCUT2D eigenvalue weighted by molar-refractivity contribution is 4.81. The standard InChI is InChI=1S/C16H32N2/c1-3-10-17-16-8-11-18(12-9-16)13-15-7-5-4-6-14(15)2/h14-17H,3-13H2,1-2H3. The Hall–Kier alpha value is -0.0800. The molecular formula is C16H32N2. The van der Waals surface area contributed by atoms with Crippen molar-refractivity contribution in [2.75, 3.05) is 26.2 Å². The topological polar surface area (TPSA) is 15.3 Å². The zero-order valence-corrected chi connectivity index (χ0v) is 12.5. The van der Waals surface area contributed by atoms with Crippen LogP contribution in [0, 0.1) is 11.8 Å². The lowest BCUT2D eigenvalue weighted by molar-refractivity contribution is 0.129. The average molecular weight is 252 g/mol. The van der Waals surface area contributed by atoms with Crippen LogP contribution in [0.2, 0.25) is 0 Å². The van der Waals surface area contributed by atoms with Crippen molar-refractivity contribution in [3.05, 3.63) is 0 Å². The largest absolute Gasteiger partial charge is 0.314 e. The van der Waals surface area contributed by atoms with Crippen LogP contribution in [0.1, 0.15) is 58.8 Å². The molecule has 2 heteroatoms. The second-order valence-electron chi connectivity index (χ2n) is 6.55. The van der Waals surface area contributed by atoms with E-state index in [1.54, 1.807) is 0 Å². The Morgan fingerprint density at radius 3 is 2.44 bits per heavy atom. The molecule has 2 nitrogen and oxygen atoms in total. The fourth-order valence-electron chi connectivity index (χ4n) is 3.66. The Morgan fingerprint density at radius 2 is 1.78 bits per heavy atom. The molecule has 1 N–H and O–H groups in total. The molecule has 1 aliphatic carbocycles. The predicted octanol–water partition coefficient (Wildman–Crippen LogP) is 3.28. The van der Waals surface area contributed by atoms with Gasteiger partial charge in [0, 0.05) is 12.6 Å². The van der Waals surface area contributed by atoms with Gasteiger partial charge in [0.2, 0.25) is 0 Å². The third kappa shape index (κ3) is 4.24. The van der Waals surface area contributed by atoms with Crippen LogP contribution in [-0.4, -0.2) is 37.1 Å². The first-order valence-corrected chi connectivity index (χ1v) is 8.25. The van der Waals surface area contributed by atoms with Crippen LogP contribution in [0.3, 0.4) is 0 Å². The second-order valence-corrected chi connectivity index (χ2v) is 6.55. The summed E-state index contributed by atoms with van der Waals surface area (Å²) < 4.78 is 0. The van der Waals surface area contributed by atoms with Crippen LogP contribution in [0.4, 0.5) is 0 Å². The maximum atomic E-state index is 3.68. The van der Waals surface area contributed by atoms with Gasteiger partial charge in [0.15, 0.2) is 0 Å². The van der Waals surface area contributed by atoms with Crippen LogP contribution in [-0.2, 0) is 0 Å². The van der Waals surface area contributed by atoms with Crippen molar-refractivity contribution in [1.82, 2.24) is 10.2 Å². The molecule has 1 saturated carbocycles. The highest BCUT2D eigenvalue weighted by Gasteiger charge is 2.25. The quantitative estimate of drug-likeness (QED) is 0.808. The molecule has 2 aliphatic rings. The number of nitrogens with one attached hydrogen (secondary N) is 1. The molecule has 0 aromatic heterocycles. The van der Waals surface area contributed by atoms with Crippen molar-refractivity contribution in [1.29, 1.82) is 0 Å². The first-order chi connectivity index (χ1) is 8.79. The van der Waals surface area contributed by atoms with Crippen LogP contribution in [0.5, 0.6) is 0 Å². The summed E-state index contributed by atoms with van der Waals surface area (Å²) in [6.45, 7) is 9.95. The third-order valence-electron chi connectivity index (χ3n) is 5.05.